The number of carboxylic acid groups (broad SMARTS) is 1. The number of anilines is 1. The number of carbonyl (C=O) groups excluding carboxylic acids is 1. The summed E-state index contributed by atoms with van der Waals surface area (Å²) in [5.74, 6) is -2.33. The molecule has 3 rings (SSSR count). The van der Waals surface area contributed by atoms with Gasteiger partial charge in [-0.25, -0.2) is 0 Å². The highest BCUT2D eigenvalue weighted by Gasteiger charge is 2.65. The van der Waals surface area contributed by atoms with E-state index in [0.717, 1.165) is 5.69 Å². The maximum Gasteiger partial charge on any atom is 0.307 e. The molecule has 0 unspecified atom stereocenters. The second-order valence-corrected chi connectivity index (χ2v) is 6.02. The minimum absolute atomic E-state index is 0.265. The molecule has 1 aromatic carbocycles. The molecule has 2 N–H and O–H groups in total. The van der Waals surface area contributed by atoms with Gasteiger partial charge in [0, 0.05) is 5.69 Å². The lowest BCUT2D eigenvalue weighted by Crippen LogP contribution is -2.17. The lowest BCUT2D eigenvalue weighted by molar-refractivity contribution is -0.140. The van der Waals surface area contributed by atoms with Crippen molar-refractivity contribution >= 4 is 17.6 Å². The predicted molar refractivity (Wildman–Crippen MR) is 78.4 cm³/mol. The Balaban J connectivity index is 1.76. The second kappa shape index (κ2) is 4.94. The van der Waals surface area contributed by atoms with Crippen LogP contribution in [0.15, 0.2) is 36.9 Å². The monoisotopic (exact) mass is 300 g/mol. The zero-order valence-electron chi connectivity index (χ0n) is 12.2. The van der Waals surface area contributed by atoms with Crippen molar-refractivity contribution in [2.45, 2.75) is 13.8 Å². The topological polar surface area (TPSA) is 97.1 Å². The van der Waals surface area contributed by atoms with Crippen LogP contribution in [0, 0.1) is 17.3 Å². The number of nitrogens with one attached hydrogen (secondary N) is 1. The number of aliphatic carboxylic acids is 1. The Morgan fingerprint density at radius 2 is 1.91 bits per heavy atom. The highest BCUT2D eigenvalue weighted by Crippen LogP contribution is 2.58. The standard InChI is InChI=1S/C15H16N4O3/c1-15(2)11(12(15)14(21)22)13(20)18-9-4-3-5-10(6-9)19-7-16-17-8-19/h3-8,11-12H,1-2H3,(H,18,20)(H,21,22)/t11-,12+/m1/s1. The summed E-state index contributed by atoms with van der Waals surface area (Å²) in [5.41, 5.74) is 0.914. The lowest BCUT2D eigenvalue weighted by atomic mass is 10.1. The van der Waals surface area contributed by atoms with Gasteiger partial charge < -0.3 is 10.4 Å². The smallest absolute Gasteiger partial charge is 0.307 e. The van der Waals surface area contributed by atoms with Crippen molar-refractivity contribution in [3.8, 4) is 5.69 Å². The first kappa shape index (κ1) is 14.2. The van der Waals surface area contributed by atoms with Gasteiger partial charge in [-0.2, -0.15) is 0 Å². The first-order valence-electron chi connectivity index (χ1n) is 6.90. The Morgan fingerprint density at radius 1 is 1.23 bits per heavy atom. The summed E-state index contributed by atoms with van der Waals surface area (Å²) in [4.78, 5) is 23.5. The fraction of sp³-hybridized carbons (Fsp3) is 0.333. The predicted octanol–water partition coefficient (Wildman–Crippen LogP) is 1.56. The maximum absolute atomic E-state index is 12.3. The summed E-state index contributed by atoms with van der Waals surface area (Å²) in [5, 5.41) is 19.4. The molecule has 2 aromatic rings. The quantitative estimate of drug-likeness (QED) is 0.893. The number of rotatable bonds is 4. The van der Waals surface area contributed by atoms with Crippen molar-refractivity contribution in [2.75, 3.05) is 5.32 Å². The molecule has 7 nitrogen and oxygen atoms in total. The summed E-state index contributed by atoms with van der Waals surface area (Å²) in [6.07, 6.45) is 3.12. The SMILES string of the molecule is CC1(C)[C@H](C(=O)O)[C@@H]1C(=O)Nc1cccc(-n2cnnc2)c1. The van der Waals surface area contributed by atoms with Crippen LogP contribution in [0.4, 0.5) is 5.69 Å². The molecule has 1 amide bonds. The first-order chi connectivity index (χ1) is 10.4. The van der Waals surface area contributed by atoms with Gasteiger partial charge in [-0.3, -0.25) is 14.2 Å². The number of amides is 1. The van der Waals surface area contributed by atoms with Crippen molar-refractivity contribution in [1.82, 2.24) is 14.8 Å². The van der Waals surface area contributed by atoms with E-state index in [2.05, 4.69) is 15.5 Å². The van der Waals surface area contributed by atoms with Crippen LogP contribution in [-0.2, 0) is 9.59 Å². The van der Waals surface area contributed by atoms with E-state index in [4.69, 9.17) is 5.11 Å². The van der Waals surface area contributed by atoms with E-state index in [0.29, 0.717) is 5.69 Å². The molecule has 7 heteroatoms. The molecule has 0 bridgehead atoms. The van der Waals surface area contributed by atoms with Crippen LogP contribution in [-0.4, -0.2) is 31.7 Å². The highest BCUT2D eigenvalue weighted by molar-refractivity contribution is 5.99. The van der Waals surface area contributed by atoms with Gasteiger partial charge in [0.15, 0.2) is 0 Å². The zero-order valence-corrected chi connectivity index (χ0v) is 12.2. The number of benzene rings is 1. The Bertz CT molecular complexity index is 724. The van der Waals surface area contributed by atoms with E-state index in [1.807, 2.05) is 6.07 Å². The van der Waals surface area contributed by atoms with Crippen LogP contribution in [0.3, 0.4) is 0 Å². The van der Waals surface area contributed by atoms with Gasteiger partial charge in [0.05, 0.1) is 17.5 Å². The lowest BCUT2D eigenvalue weighted by Gasteiger charge is -2.08. The van der Waals surface area contributed by atoms with Crippen LogP contribution >= 0.6 is 0 Å². The highest BCUT2D eigenvalue weighted by atomic mass is 16.4. The van der Waals surface area contributed by atoms with Crippen LogP contribution < -0.4 is 5.32 Å². The van der Waals surface area contributed by atoms with Crippen molar-refractivity contribution < 1.29 is 14.7 Å². The Morgan fingerprint density at radius 3 is 2.50 bits per heavy atom. The number of carboxylic acids is 1. The van der Waals surface area contributed by atoms with E-state index in [1.165, 1.54) is 0 Å². The van der Waals surface area contributed by atoms with Crippen LogP contribution in [0.5, 0.6) is 0 Å². The molecule has 22 heavy (non-hydrogen) atoms. The Labute approximate surface area is 127 Å². The van der Waals surface area contributed by atoms with Gasteiger partial charge in [0.25, 0.3) is 0 Å². The molecule has 1 aliphatic carbocycles. The van der Waals surface area contributed by atoms with Crippen LogP contribution in [0.2, 0.25) is 0 Å². The average Bonchev–Trinajstić information content (AvgIpc) is 2.84. The number of hydrogen-bond donors (Lipinski definition) is 2. The summed E-state index contributed by atoms with van der Waals surface area (Å²) in [6, 6.07) is 7.21. The minimum atomic E-state index is -0.927. The molecule has 0 spiro atoms. The van der Waals surface area contributed by atoms with E-state index < -0.39 is 23.2 Å². The molecule has 2 atom stereocenters. The summed E-state index contributed by atoms with van der Waals surface area (Å²) >= 11 is 0. The van der Waals surface area contributed by atoms with Crippen LogP contribution in [0.25, 0.3) is 5.69 Å². The molecule has 1 heterocycles. The van der Waals surface area contributed by atoms with Crippen LogP contribution in [0.1, 0.15) is 13.8 Å². The van der Waals surface area contributed by atoms with Crippen molar-refractivity contribution in [2.24, 2.45) is 17.3 Å². The van der Waals surface area contributed by atoms with E-state index in [-0.39, 0.29) is 5.91 Å². The number of hydrogen-bond acceptors (Lipinski definition) is 4. The molecule has 1 saturated carbocycles. The molecule has 1 fully saturated rings. The molecule has 0 aliphatic heterocycles. The van der Waals surface area contributed by atoms with Crippen molar-refractivity contribution in [1.29, 1.82) is 0 Å². The summed E-state index contributed by atoms with van der Waals surface area (Å²) in [7, 11) is 0. The van der Waals surface area contributed by atoms with Gasteiger partial charge in [-0.15, -0.1) is 10.2 Å². The van der Waals surface area contributed by atoms with Gasteiger partial charge in [-0.1, -0.05) is 19.9 Å². The number of nitrogens with zero attached hydrogens (tertiary/aromatic N) is 3. The molecular formula is C15H16N4O3. The number of carbonyl (C=O) groups is 2. The normalized spacial score (nSPS) is 22.1. The largest absolute Gasteiger partial charge is 0.481 e. The molecule has 1 aromatic heterocycles. The van der Waals surface area contributed by atoms with Crippen molar-refractivity contribution in [3.63, 3.8) is 0 Å². The van der Waals surface area contributed by atoms with Gasteiger partial charge in [-0.05, 0) is 23.6 Å². The molecule has 0 saturated heterocycles. The van der Waals surface area contributed by atoms with Crippen molar-refractivity contribution in [3.05, 3.63) is 36.9 Å². The van der Waals surface area contributed by atoms with Gasteiger partial charge in [0.2, 0.25) is 5.91 Å². The summed E-state index contributed by atoms with van der Waals surface area (Å²) in [6.45, 7) is 3.59. The first-order valence-corrected chi connectivity index (χ1v) is 6.90. The minimum Gasteiger partial charge on any atom is -0.481 e. The third-order valence-electron chi connectivity index (χ3n) is 4.21. The zero-order chi connectivity index (χ0) is 15.9. The second-order valence-electron chi connectivity index (χ2n) is 6.02. The molecule has 114 valence electrons. The molecule has 1 aliphatic rings. The third kappa shape index (κ3) is 2.34. The Hall–Kier alpha value is -2.70. The molecule has 0 radical (unpaired) electrons. The molecular weight excluding hydrogens is 284 g/mol. The Kier molecular flexibility index (Phi) is 3.20. The third-order valence-corrected chi connectivity index (χ3v) is 4.21. The average molecular weight is 300 g/mol. The van der Waals surface area contributed by atoms with E-state index >= 15 is 0 Å². The maximum atomic E-state index is 12.3. The fourth-order valence-electron chi connectivity index (χ4n) is 2.89. The van der Waals surface area contributed by atoms with E-state index in [9.17, 15) is 9.59 Å². The van der Waals surface area contributed by atoms with E-state index in [1.54, 1.807) is 49.3 Å². The summed E-state index contributed by atoms with van der Waals surface area (Å²) < 4.78 is 1.72. The van der Waals surface area contributed by atoms with Gasteiger partial charge >= 0.3 is 5.97 Å². The fourth-order valence-corrected chi connectivity index (χ4v) is 2.89. The number of aromatic nitrogens is 3. The van der Waals surface area contributed by atoms with Gasteiger partial charge in [0.1, 0.15) is 12.7 Å².